The summed E-state index contributed by atoms with van der Waals surface area (Å²) in [5.41, 5.74) is 6.16. The summed E-state index contributed by atoms with van der Waals surface area (Å²) in [4.78, 5) is 0. The van der Waals surface area contributed by atoms with Crippen LogP contribution in [0.25, 0.3) is 0 Å². The Balaban J connectivity index is 1.94. The molecule has 0 saturated heterocycles. The van der Waals surface area contributed by atoms with E-state index in [-0.39, 0.29) is 5.41 Å². The molecular weight excluding hydrogens is 238 g/mol. The summed E-state index contributed by atoms with van der Waals surface area (Å²) in [6.45, 7) is 4.10. The highest BCUT2D eigenvalue weighted by Gasteiger charge is 2.31. The van der Waals surface area contributed by atoms with Crippen molar-refractivity contribution in [3.63, 3.8) is 0 Å². The molecule has 2 N–H and O–H groups in total. The van der Waals surface area contributed by atoms with Crippen LogP contribution in [0.2, 0.25) is 0 Å². The third-order valence-electron chi connectivity index (χ3n) is 4.01. The summed E-state index contributed by atoms with van der Waals surface area (Å²) in [5, 5.41) is 0. The highest BCUT2D eigenvalue weighted by atomic mass is 16.5. The maximum atomic E-state index is 5.98. The topological polar surface area (TPSA) is 44.5 Å². The van der Waals surface area contributed by atoms with Crippen LogP contribution in [0.5, 0.6) is 11.5 Å². The maximum Gasteiger partial charge on any atom is 0.123 e. The van der Waals surface area contributed by atoms with Gasteiger partial charge in [0.25, 0.3) is 0 Å². The molecule has 0 atom stereocenters. The van der Waals surface area contributed by atoms with E-state index < -0.39 is 0 Å². The minimum Gasteiger partial charge on any atom is -0.494 e. The molecule has 3 heteroatoms. The first-order valence-electron chi connectivity index (χ1n) is 7.34. The van der Waals surface area contributed by atoms with Crippen molar-refractivity contribution in [1.29, 1.82) is 0 Å². The van der Waals surface area contributed by atoms with E-state index in [1.165, 1.54) is 32.1 Å². The number of benzene rings is 1. The standard InChI is InChI=1S/C16H25NO2/c1-2-18-14-7-6-8-15(11-14)19-13-16(12-17)9-4-3-5-10-16/h6-8,11H,2-5,9-10,12-13,17H2,1H3. The average molecular weight is 263 g/mol. The fraction of sp³-hybridized carbons (Fsp3) is 0.625. The van der Waals surface area contributed by atoms with Gasteiger partial charge in [-0.3, -0.25) is 0 Å². The van der Waals surface area contributed by atoms with Crippen LogP contribution in [0.1, 0.15) is 39.0 Å². The van der Waals surface area contributed by atoms with Gasteiger partial charge in [0.1, 0.15) is 11.5 Å². The zero-order valence-corrected chi connectivity index (χ0v) is 11.9. The molecule has 1 aromatic carbocycles. The molecule has 3 nitrogen and oxygen atoms in total. The molecule has 0 aliphatic heterocycles. The minimum absolute atomic E-state index is 0.180. The fourth-order valence-corrected chi connectivity index (χ4v) is 2.77. The molecular formula is C16H25NO2. The van der Waals surface area contributed by atoms with Gasteiger partial charge in [-0.05, 0) is 31.9 Å². The second-order valence-corrected chi connectivity index (χ2v) is 5.46. The van der Waals surface area contributed by atoms with Gasteiger partial charge in [0.05, 0.1) is 13.2 Å². The van der Waals surface area contributed by atoms with Crippen LogP contribution >= 0.6 is 0 Å². The van der Waals surface area contributed by atoms with Gasteiger partial charge in [-0.15, -0.1) is 0 Å². The summed E-state index contributed by atoms with van der Waals surface area (Å²) < 4.78 is 11.5. The molecule has 0 radical (unpaired) electrons. The summed E-state index contributed by atoms with van der Waals surface area (Å²) in [7, 11) is 0. The van der Waals surface area contributed by atoms with Crippen LogP contribution < -0.4 is 15.2 Å². The molecule has 1 aliphatic carbocycles. The molecule has 1 saturated carbocycles. The van der Waals surface area contributed by atoms with Crippen LogP contribution in [0.15, 0.2) is 24.3 Å². The number of hydrogen-bond donors (Lipinski definition) is 1. The third-order valence-corrected chi connectivity index (χ3v) is 4.01. The van der Waals surface area contributed by atoms with Gasteiger partial charge < -0.3 is 15.2 Å². The maximum absolute atomic E-state index is 5.98. The van der Waals surface area contributed by atoms with Gasteiger partial charge in [-0.2, -0.15) is 0 Å². The van der Waals surface area contributed by atoms with E-state index in [0.29, 0.717) is 6.61 Å². The lowest BCUT2D eigenvalue weighted by molar-refractivity contribution is 0.105. The van der Waals surface area contributed by atoms with Gasteiger partial charge in [0.2, 0.25) is 0 Å². The van der Waals surface area contributed by atoms with Crippen molar-refractivity contribution >= 4 is 0 Å². The highest BCUT2D eigenvalue weighted by molar-refractivity contribution is 5.32. The number of rotatable bonds is 6. The van der Waals surface area contributed by atoms with Crippen molar-refractivity contribution in [2.24, 2.45) is 11.1 Å². The van der Waals surface area contributed by atoms with Crippen LogP contribution in [-0.4, -0.2) is 19.8 Å². The Labute approximate surface area is 116 Å². The zero-order chi connectivity index (χ0) is 13.6. The van der Waals surface area contributed by atoms with E-state index in [1.54, 1.807) is 0 Å². The Morgan fingerprint density at radius 1 is 1.11 bits per heavy atom. The molecule has 106 valence electrons. The smallest absolute Gasteiger partial charge is 0.123 e. The summed E-state index contributed by atoms with van der Waals surface area (Å²) in [5.74, 6) is 1.75. The monoisotopic (exact) mass is 263 g/mol. The van der Waals surface area contributed by atoms with Crippen molar-refractivity contribution in [2.45, 2.75) is 39.0 Å². The molecule has 0 bridgehead atoms. The number of nitrogens with two attached hydrogens (primary N) is 1. The molecule has 19 heavy (non-hydrogen) atoms. The first-order chi connectivity index (χ1) is 9.28. The van der Waals surface area contributed by atoms with Crippen LogP contribution in [-0.2, 0) is 0 Å². The Morgan fingerprint density at radius 3 is 2.42 bits per heavy atom. The summed E-state index contributed by atoms with van der Waals surface area (Å²) >= 11 is 0. The van der Waals surface area contributed by atoms with E-state index in [9.17, 15) is 0 Å². The lowest BCUT2D eigenvalue weighted by Gasteiger charge is -2.35. The van der Waals surface area contributed by atoms with E-state index >= 15 is 0 Å². The zero-order valence-electron chi connectivity index (χ0n) is 11.9. The SMILES string of the molecule is CCOc1cccc(OCC2(CN)CCCCC2)c1. The Hall–Kier alpha value is -1.22. The van der Waals surface area contributed by atoms with Crippen molar-refractivity contribution in [3.05, 3.63) is 24.3 Å². The molecule has 0 spiro atoms. The minimum atomic E-state index is 0.180. The molecule has 1 aromatic rings. The van der Waals surface area contributed by atoms with E-state index in [0.717, 1.165) is 24.7 Å². The van der Waals surface area contributed by atoms with Gasteiger partial charge in [0, 0.05) is 18.0 Å². The largest absolute Gasteiger partial charge is 0.494 e. The Kier molecular flexibility index (Phi) is 5.08. The summed E-state index contributed by atoms with van der Waals surface area (Å²) in [6, 6.07) is 7.86. The van der Waals surface area contributed by atoms with Crippen molar-refractivity contribution in [1.82, 2.24) is 0 Å². The third kappa shape index (κ3) is 3.87. The average Bonchev–Trinajstić information content (AvgIpc) is 2.47. The second kappa shape index (κ2) is 6.80. The molecule has 0 amide bonds. The predicted molar refractivity (Wildman–Crippen MR) is 77.7 cm³/mol. The lowest BCUT2D eigenvalue weighted by Crippen LogP contribution is -2.38. The molecule has 1 fully saturated rings. The first kappa shape index (κ1) is 14.2. The van der Waals surface area contributed by atoms with E-state index in [4.69, 9.17) is 15.2 Å². The van der Waals surface area contributed by atoms with Crippen molar-refractivity contribution in [2.75, 3.05) is 19.8 Å². The van der Waals surface area contributed by atoms with E-state index in [2.05, 4.69) is 0 Å². The van der Waals surface area contributed by atoms with Crippen LogP contribution in [0.4, 0.5) is 0 Å². The van der Waals surface area contributed by atoms with Gasteiger partial charge in [-0.1, -0.05) is 25.3 Å². The van der Waals surface area contributed by atoms with Gasteiger partial charge in [0.15, 0.2) is 0 Å². The molecule has 2 rings (SSSR count). The Morgan fingerprint density at radius 2 is 1.79 bits per heavy atom. The quantitative estimate of drug-likeness (QED) is 0.855. The normalized spacial score (nSPS) is 18.0. The number of hydrogen-bond acceptors (Lipinski definition) is 3. The second-order valence-electron chi connectivity index (χ2n) is 5.46. The first-order valence-corrected chi connectivity index (χ1v) is 7.34. The Bertz CT molecular complexity index is 386. The van der Waals surface area contributed by atoms with Gasteiger partial charge >= 0.3 is 0 Å². The summed E-state index contributed by atoms with van der Waals surface area (Å²) in [6.07, 6.45) is 6.27. The molecule has 1 aliphatic rings. The van der Waals surface area contributed by atoms with Crippen molar-refractivity contribution < 1.29 is 9.47 Å². The van der Waals surface area contributed by atoms with Gasteiger partial charge in [-0.25, -0.2) is 0 Å². The predicted octanol–water partition coefficient (Wildman–Crippen LogP) is 3.37. The van der Waals surface area contributed by atoms with Crippen molar-refractivity contribution in [3.8, 4) is 11.5 Å². The molecule has 0 heterocycles. The highest BCUT2D eigenvalue weighted by Crippen LogP contribution is 2.36. The number of ether oxygens (including phenoxy) is 2. The fourth-order valence-electron chi connectivity index (χ4n) is 2.77. The van der Waals surface area contributed by atoms with Crippen LogP contribution in [0, 0.1) is 5.41 Å². The van der Waals surface area contributed by atoms with E-state index in [1.807, 2.05) is 31.2 Å². The van der Waals surface area contributed by atoms with Crippen LogP contribution in [0.3, 0.4) is 0 Å². The lowest BCUT2D eigenvalue weighted by atomic mass is 9.75. The molecule has 0 aromatic heterocycles. The molecule has 0 unspecified atom stereocenters.